The third-order valence-corrected chi connectivity index (χ3v) is 4.89. The molecule has 0 radical (unpaired) electrons. The number of aliphatic carboxylic acids is 1. The second-order valence-electron chi connectivity index (χ2n) is 3.50. The smallest absolute Gasteiger partial charge is 0.319 e. The summed E-state index contributed by atoms with van der Waals surface area (Å²) in [6.07, 6.45) is 0.343. The van der Waals surface area contributed by atoms with E-state index in [2.05, 4.69) is 15.9 Å². The van der Waals surface area contributed by atoms with E-state index in [0.29, 0.717) is 17.0 Å². The number of carbonyl (C=O) groups is 1. The molecule has 0 aliphatic rings. The monoisotopic (exact) mass is 338 g/mol. The van der Waals surface area contributed by atoms with Gasteiger partial charge in [-0.2, -0.15) is 0 Å². The molecular formula is C11H12BrClO3S. The van der Waals surface area contributed by atoms with Gasteiger partial charge in [0, 0.05) is 20.3 Å². The first-order valence-corrected chi connectivity index (χ1v) is 7.55. The Hall–Kier alpha value is -0.390. The average molecular weight is 340 g/mol. The predicted molar refractivity (Wildman–Crippen MR) is 72.7 cm³/mol. The van der Waals surface area contributed by atoms with Crippen LogP contribution in [0, 0.1) is 0 Å². The molecule has 0 aliphatic heterocycles. The summed E-state index contributed by atoms with van der Waals surface area (Å²) in [4.78, 5) is 10.9. The fourth-order valence-electron chi connectivity index (χ4n) is 1.37. The molecule has 1 N–H and O–H groups in total. The molecule has 17 heavy (non-hydrogen) atoms. The molecule has 0 amide bonds. The Morgan fingerprint density at radius 2 is 2.24 bits per heavy atom. The fourth-order valence-corrected chi connectivity index (χ4v) is 3.54. The van der Waals surface area contributed by atoms with E-state index in [1.807, 2.05) is 0 Å². The summed E-state index contributed by atoms with van der Waals surface area (Å²) < 4.78 is 12.7. The Morgan fingerprint density at radius 3 is 2.71 bits per heavy atom. The fraction of sp³-hybridized carbons (Fsp3) is 0.364. The molecule has 0 aromatic heterocycles. The number of benzene rings is 1. The van der Waals surface area contributed by atoms with Crippen LogP contribution in [0.1, 0.15) is 18.9 Å². The van der Waals surface area contributed by atoms with E-state index in [0.717, 1.165) is 4.47 Å². The Morgan fingerprint density at radius 1 is 1.59 bits per heavy atom. The van der Waals surface area contributed by atoms with Crippen LogP contribution in [-0.2, 0) is 21.3 Å². The van der Waals surface area contributed by atoms with Crippen molar-refractivity contribution in [1.29, 1.82) is 0 Å². The van der Waals surface area contributed by atoms with E-state index in [4.69, 9.17) is 16.7 Å². The van der Waals surface area contributed by atoms with E-state index in [1.165, 1.54) is 0 Å². The van der Waals surface area contributed by atoms with Crippen LogP contribution in [-0.4, -0.2) is 20.5 Å². The van der Waals surface area contributed by atoms with Gasteiger partial charge in [-0.1, -0.05) is 40.5 Å². The van der Waals surface area contributed by atoms with Gasteiger partial charge >= 0.3 is 5.97 Å². The average Bonchev–Trinajstić information content (AvgIpc) is 2.22. The molecule has 3 nitrogen and oxygen atoms in total. The molecule has 1 rings (SSSR count). The summed E-state index contributed by atoms with van der Waals surface area (Å²) in [5.41, 5.74) is 0.702. The number of halogens is 2. The molecule has 1 aromatic carbocycles. The third-order valence-electron chi connectivity index (χ3n) is 2.28. The van der Waals surface area contributed by atoms with Crippen LogP contribution in [0.3, 0.4) is 0 Å². The predicted octanol–water partition coefficient (Wildman–Crippen LogP) is 3.21. The van der Waals surface area contributed by atoms with Crippen LogP contribution in [0.4, 0.5) is 0 Å². The van der Waals surface area contributed by atoms with Crippen molar-refractivity contribution in [1.82, 2.24) is 0 Å². The molecule has 6 heteroatoms. The summed E-state index contributed by atoms with van der Waals surface area (Å²) in [6.45, 7) is 1.71. The molecule has 0 saturated carbocycles. The summed E-state index contributed by atoms with van der Waals surface area (Å²) in [5.74, 6) is -0.865. The van der Waals surface area contributed by atoms with Crippen molar-refractivity contribution in [3.05, 3.63) is 33.3 Å². The van der Waals surface area contributed by atoms with Crippen molar-refractivity contribution in [3.63, 3.8) is 0 Å². The summed E-state index contributed by atoms with van der Waals surface area (Å²) in [5, 5.41) is 8.56. The highest BCUT2D eigenvalue weighted by Crippen LogP contribution is 2.23. The number of hydrogen-bond donors (Lipinski definition) is 1. The Kier molecular flexibility index (Phi) is 5.62. The maximum absolute atomic E-state index is 11.9. The van der Waals surface area contributed by atoms with Crippen LogP contribution in [0.5, 0.6) is 0 Å². The van der Waals surface area contributed by atoms with Gasteiger partial charge in [-0.3, -0.25) is 9.00 Å². The Labute approximate surface area is 116 Å². The number of hydrogen-bond acceptors (Lipinski definition) is 2. The van der Waals surface area contributed by atoms with Crippen LogP contribution < -0.4 is 0 Å². The van der Waals surface area contributed by atoms with Gasteiger partial charge in [0.1, 0.15) is 5.25 Å². The maximum atomic E-state index is 11.9. The van der Waals surface area contributed by atoms with Crippen LogP contribution in [0.2, 0.25) is 5.02 Å². The minimum Gasteiger partial charge on any atom is -0.480 e. The zero-order chi connectivity index (χ0) is 13.0. The minimum atomic E-state index is -1.46. The van der Waals surface area contributed by atoms with Crippen LogP contribution in [0.25, 0.3) is 0 Å². The first kappa shape index (κ1) is 14.7. The van der Waals surface area contributed by atoms with Gasteiger partial charge in [-0.15, -0.1) is 0 Å². The van der Waals surface area contributed by atoms with Crippen molar-refractivity contribution in [2.75, 3.05) is 0 Å². The van der Waals surface area contributed by atoms with E-state index in [1.54, 1.807) is 25.1 Å². The molecule has 1 aromatic rings. The molecule has 0 spiro atoms. The lowest BCUT2D eigenvalue weighted by atomic mass is 10.2. The number of carboxylic acid groups (broad SMARTS) is 1. The lowest BCUT2D eigenvalue weighted by Gasteiger charge is -2.10. The zero-order valence-electron chi connectivity index (χ0n) is 9.15. The van der Waals surface area contributed by atoms with Gasteiger partial charge in [0.25, 0.3) is 0 Å². The first-order valence-electron chi connectivity index (χ1n) is 4.99. The van der Waals surface area contributed by atoms with Crippen LogP contribution in [0.15, 0.2) is 22.7 Å². The quantitative estimate of drug-likeness (QED) is 0.896. The standard InChI is InChI=1S/C11H12BrClO3S/c1-2-10(11(14)15)17(16)6-7-3-4-8(12)5-9(7)13/h3-5,10H,2,6H2,1H3,(H,14,15). The molecule has 0 fully saturated rings. The van der Waals surface area contributed by atoms with Crippen molar-refractivity contribution in [2.24, 2.45) is 0 Å². The zero-order valence-corrected chi connectivity index (χ0v) is 12.3. The van der Waals surface area contributed by atoms with E-state index < -0.39 is 22.0 Å². The number of carboxylic acids is 1. The normalized spacial score (nSPS) is 14.3. The largest absolute Gasteiger partial charge is 0.480 e. The van der Waals surface area contributed by atoms with E-state index in [9.17, 15) is 9.00 Å². The first-order chi connectivity index (χ1) is 7.95. The van der Waals surface area contributed by atoms with Crippen molar-refractivity contribution in [3.8, 4) is 0 Å². The highest BCUT2D eigenvalue weighted by Gasteiger charge is 2.23. The highest BCUT2D eigenvalue weighted by atomic mass is 79.9. The number of rotatable bonds is 5. The Balaban J connectivity index is 2.84. The van der Waals surface area contributed by atoms with Gasteiger partial charge < -0.3 is 5.11 Å². The summed E-state index contributed by atoms with van der Waals surface area (Å²) in [7, 11) is -1.46. The lowest BCUT2D eigenvalue weighted by Crippen LogP contribution is -2.25. The molecule has 0 heterocycles. The molecular weight excluding hydrogens is 328 g/mol. The lowest BCUT2D eigenvalue weighted by molar-refractivity contribution is -0.136. The van der Waals surface area contributed by atoms with Gasteiger partial charge in [0.15, 0.2) is 0 Å². The molecule has 94 valence electrons. The molecule has 0 saturated heterocycles. The second-order valence-corrected chi connectivity index (χ2v) is 6.44. The van der Waals surface area contributed by atoms with Gasteiger partial charge in [0.2, 0.25) is 0 Å². The highest BCUT2D eigenvalue weighted by molar-refractivity contribution is 9.10. The molecule has 2 atom stereocenters. The van der Waals surface area contributed by atoms with Crippen LogP contribution >= 0.6 is 27.5 Å². The second kappa shape index (κ2) is 6.52. The van der Waals surface area contributed by atoms with Gasteiger partial charge in [-0.05, 0) is 24.1 Å². The molecule has 0 aliphatic carbocycles. The SMILES string of the molecule is CCC(C(=O)O)S(=O)Cc1ccc(Br)cc1Cl. The third kappa shape index (κ3) is 4.08. The van der Waals surface area contributed by atoms with E-state index in [-0.39, 0.29) is 5.75 Å². The Bertz CT molecular complexity index is 450. The summed E-state index contributed by atoms with van der Waals surface area (Å²) >= 11 is 9.26. The van der Waals surface area contributed by atoms with Gasteiger partial charge in [0.05, 0.1) is 5.75 Å². The van der Waals surface area contributed by atoms with Crippen molar-refractivity contribution in [2.45, 2.75) is 24.3 Å². The van der Waals surface area contributed by atoms with Crippen molar-refractivity contribution >= 4 is 44.3 Å². The van der Waals surface area contributed by atoms with Gasteiger partial charge in [-0.25, -0.2) is 0 Å². The molecule has 2 unspecified atom stereocenters. The van der Waals surface area contributed by atoms with Crippen molar-refractivity contribution < 1.29 is 14.1 Å². The summed E-state index contributed by atoms with van der Waals surface area (Å²) in [6, 6.07) is 5.24. The minimum absolute atomic E-state index is 0.164. The van der Waals surface area contributed by atoms with E-state index >= 15 is 0 Å². The molecule has 0 bridgehead atoms. The topological polar surface area (TPSA) is 54.4 Å². The maximum Gasteiger partial charge on any atom is 0.319 e.